The Hall–Kier alpha value is -0.730. The van der Waals surface area contributed by atoms with E-state index in [0.717, 1.165) is 67.2 Å². The number of amides is 1. The summed E-state index contributed by atoms with van der Waals surface area (Å²) in [5.74, 6) is 6.19. The maximum absolute atomic E-state index is 12.8. The largest absolute Gasteiger partial charge is 0.446 e. The van der Waals surface area contributed by atoms with Gasteiger partial charge >= 0.3 is 6.09 Å². The number of unbranched alkanes of at least 4 members (excludes halogenated alkanes) is 15. The van der Waals surface area contributed by atoms with Crippen LogP contribution in [0.5, 0.6) is 0 Å². The summed E-state index contributed by atoms with van der Waals surface area (Å²) in [5, 5.41) is 3.11. The van der Waals surface area contributed by atoms with Crippen molar-refractivity contribution in [2.24, 2.45) is 52.3 Å². The number of ether oxygens (including phenoxy) is 1. The van der Waals surface area contributed by atoms with Crippen LogP contribution in [0.25, 0.3) is 0 Å². The predicted molar refractivity (Wildman–Crippen MR) is 211 cm³/mol. The predicted octanol–water partition coefficient (Wildman–Crippen LogP) is 14.5. The molecular weight excluding hydrogens is 599 g/mol. The number of carbonyl (C=O) groups is 1. The third-order valence-electron chi connectivity index (χ3n) is 15.4. The van der Waals surface area contributed by atoms with Crippen LogP contribution in [0, 0.1) is 52.3 Å². The molecule has 286 valence electrons. The number of hydrogen-bond acceptors (Lipinski definition) is 2. The van der Waals surface area contributed by atoms with Gasteiger partial charge < -0.3 is 10.1 Å². The SMILES string of the molecule is CCCCCCCCCCCCCCCCCCNC(=O)O[C@H]1CC[C@@]2(C)C(CC[C@H]3[C@@H]4CC[C@H]([C@H](C)CCCC(C)C)[C@@]4(C)CC[C@@H]32)C1. The Kier molecular flexibility index (Phi) is 17.7. The molecule has 4 saturated carbocycles. The van der Waals surface area contributed by atoms with Crippen LogP contribution in [0.3, 0.4) is 0 Å². The van der Waals surface area contributed by atoms with Gasteiger partial charge in [-0.2, -0.15) is 0 Å². The van der Waals surface area contributed by atoms with Crippen LogP contribution in [0.2, 0.25) is 0 Å². The fourth-order valence-electron chi connectivity index (χ4n) is 12.4. The topological polar surface area (TPSA) is 38.3 Å². The van der Waals surface area contributed by atoms with Crippen LogP contribution in [0.1, 0.15) is 221 Å². The average molecular weight is 684 g/mol. The van der Waals surface area contributed by atoms with Gasteiger partial charge in [0.15, 0.2) is 0 Å². The highest BCUT2D eigenvalue weighted by atomic mass is 16.6. The van der Waals surface area contributed by atoms with Crippen molar-refractivity contribution in [3.05, 3.63) is 0 Å². The van der Waals surface area contributed by atoms with Crippen LogP contribution >= 0.6 is 0 Å². The molecule has 0 aromatic rings. The molecule has 1 amide bonds. The molecule has 0 aliphatic heterocycles. The van der Waals surface area contributed by atoms with E-state index in [1.165, 1.54) is 161 Å². The van der Waals surface area contributed by atoms with Crippen molar-refractivity contribution in [1.82, 2.24) is 5.32 Å². The standard InChI is InChI=1S/C46H85NO2/c1-7-8-9-10-11-12-13-14-15-16-17-18-19-20-21-22-34-47-44(48)49-39-30-32-45(5)38(35-39)26-27-40-42-29-28-41(37(4)25-23-24-36(2)3)46(42,6)33-31-43(40)45/h36-43H,7-35H2,1-6H3,(H,47,48)/t37-,38?,39+,40+,41-,42+,43+,45+,46-/m1/s1. The summed E-state index contributed by atoms with van der Waals surface area (Å²) in [6.07, 6.45) is 38.4. The summed E-state index contributed by atoms with van der Waals surface area (Å²) in [5.41, 5.74) is 1.03. The van der Waals surface area contributed by atoms with Gasteiger partial charge in [0, 0.05) is 6.54 Å². The van der Waals surface area contributed by atoms with Gasteiger partial charge in [-0.3, -0.25) is 0 Å². The van der Waals surface area contributed by atoms with Crippen LogP contribution < -0.4 is 5.32 Å². The van der Waals surface area contributed by atoms with Gasteiger partial charge in [0.05, 0.1) is 0 Å². The minimum Gasteiger partial charge on any atom is -0.446 e. The summed E-state index contributed by atoms with van der Waals surface area (Å²) in [7, 11) is 0. The number of nitrogens with one attached hydrogen (secondary N) is 1. The second kappa shape index (κ2) is 21.1. The van der Waals surface area contributed by atoms with Gasteiger partial charge in [0.1, 0.15) is 6.10 Å². The molecule has 49 heavy (non-hydrogen) atoms. The van der Waals surface area contributed by atoms with Crippen molar-refractivity contribution in [3.63, 3.8) is 0 Å². The summed E-state index contributed by atoms with van der Waals surface area (Å²) in [6, 6.07) is 0. The Morgan fingerprint density at radius 1 is 0.653 bits per heavy atom. The van der Waals surface area contributed by atoms with E-state index in [1.54, 1.807) is 0 Å². The van der Waals surface area contributed by atoms with E-state index >= 15 is 0 Å². The molecule has 0 aromatic carbocycles. The van der Waals surface area contributed by atoms with Crippen molar-refractivity contribution in [2.45, 2.75) is 227 Å². The normalized spacial score (nSPS) is 33.1. The molecule has 1 N–H and O–H groups in total. The Labute approximate surface area is 306 Å². The van der Waals surface area contributed by atoms with E-state index < -0.39 is 0 Å². The number of rotatable bonds is 23. The first kappa shape index (κ1) is 41.0. The second-order valence-electron chi connectivity index (χ2n) is 19.2. The van der Waals surface area contributed by atoms with Crippen LogP contribution in [-0.2, 0) is 4.74 Å². The minimum absolute atomic E-state index is 0.122. The molecule has 3 nitrogen and oxygen atoms in total. The van der Waals surface area contributed by atoms with Crippen molar-refractivity contribution in [3.8, 4) is 0 Å². The number of fused-ring (bicyclic) bond motifs is 5. The number of carbonyl (C=O) groups excluding carboxylic acids is 1. The Morgan fingerprint density at radius 3 is 1.84 bits per heavy atom. The highest BCUT2D eigenvalue weighted by molar-refractivity contribution is 5.67. The van der Waals surface area contributed by atoms with E-state index in [4.69, 9.17) is 4.74 Å². The van der Waals surface area contributed by atoms with Gasteiger partial charge in [-0.15, -0.1) is 0 Å². The van der Waals surface area contributed by atoms with E-state index in [9.17, 15) is 4.79 Å². The smallest absolute Gasteiger partial charge is 0.407 e. The molecular formula is C46H85NO2. The monoisotopic (exact) mass is 684 g/mol. The minimum atomic E-state index is -0.156. The van der Waals surface area contributed by atoms with E-state index in [-0.39, 0.29) is 12.2 Å². The average Bonchev–Trinajstić information content (AvgIpc) is 3.43. The van der Waals surface area contributed by atoms with Crippen LogP contribution in [0.15, 0.2) is 0 Å². The van der Waals surface area contributed by atoms with Crippen LogP contribution in [-0.4, -0.2) is 18.7 Å². The molecule has 9 atom stereocenters. The fourth-order valence-corrected chi connectivity index (χ4v) is 12.4. The molecule has 0 heterocycles. The molecule has 3 heteroatoms. The van der Waals surface area contributed by atoms with Gasteiger partial charge in [-0.1, -0.05) is 157 Å². The van der Waals surface area contributed by atoms with E-state index in [0.29, 0.717) is 10.8 Å². The highest BCUT2D eigenvalue weighted by Crippen LogP contribution is 2.68. The number of hydrogen-bond donors (Lipinski definition) is 1. The van der Waals surface area contributed by atoms with Crippen molar-refractivity contribution in [1.29, 1.82) is 0 Å². The molecule has 4 rings (SSSR count). The summed E-state index contributed by atoms with van der Waals surface area (Å²) >= 11 is 0. The second-order valence-corrected chi connectivity index (χ2v) is 19.2. The zero-order valence-corrected chi connectivity index (χ0v) is 33.9. The van der Waals surface area contributed by atoms with Crippen molar-refractivity contribution >= 4 is 6.09 Å². The Morgan fingerprint density at radius 2 is 1.22 bits per heavy atom. The molecule has 0 saturated heterocycles. The quantitative estimate of drug-likeness (QED) is 0.109. The molecule has 0 radical (unpaired) electrons. The van der Waals surface area contributed by atoms with E-state index in [1.807, 2.05) is 0 Å². The molecule has 1 unspecified atom stereocenters. The molecule has 4 aliphatic carbocycles. The van der Waals surface area contributed by atoms with Crippen molar-refractivity contribution < 1.29 is 9.53 Å². The lowest BCUT2D eigenvalue weighted by Gasteiger charge is -2.61. The first-order chi connectivity index (χ1) is 23.7. The lowest BCUT2D eigenvalue weighted by molar-refractivity contribution is -0.129. The lowest BCUT2D eigenvalue weighted by Crippen LogP contribution is -2.54. The van der Waals surface area contributed by atoms with Crippen molar-refractivity contribution in [2.75, 3.05) is 6.54 Å². The first-order valence-corrected chi connectivity index (χ1v) is 22.6. The van der Waals surface area contributed by atoms with Crippen LogP contribution in [0.4, 0.5) is 4.79 Å². The maximum Gasteiger partial charge on any atom is 0.407 e. The zero-order valence-electron chi connectivity index (χ0n) is 33.9. The Balaban J connectivity index is 1.05. The summed E-state index contributed by atoms with van der Waals surface area (Å²) < 4.78 is 6.07. The lowest BCUT2D eigenvalue weighted by atomic mass is 9.44. The van der Waals surface area contributed by atoms with Gasteiger partial charge in [-0.25, -0.2) is 4.79 Å². The maximum atomic E-state index is 12.8. The summed E-state index contributed by atoms with van der Waals surface area (Å²) in [6.45, 7) is 15.8. The molecule has 4 fully saturated rings. The number of alkyl carbamates (subject to hydrolysis) is 1. The molecule has 0 bridgehead atoms. The van der Waals surface area contributed by atoms with Gasteiger partial charge in [0.25, 0.3) is 0 Å². The van der Waals surface area contributed by atoms with Gasteiger partial charge in [0.2, 0.25) is 0 Å². The fraction of sp³-hybridized carbons (Fsp3) is 0.978. The molecule has 0 aromatic heterocycles. The first-order valence-electron chi connectivity index (χ1n) is 22.6. The highest BCUT2D eigenvalue weighted by Gasteiger charge is 2.60. The Bertz CT molecular complexity index is 917. The molecule has 4 aliphatic rings. The molecule has 0 spiro atoms. The van der Waals surface area contributed by atoms with E-state index in [2.05, 4.69) is 46.9 Å². The third kappa shape index (κ3) is 11.9. The third-order valence-corrected chi connectivity index (χ3v) is 15.4. The van der Waals surface area contributed by atoms with Gasteiger partial charge in [-0.05, 0) is 116 Å². The summed E-state index contributed by atoms with van der Waals surface area (Å²) in [4.78, 5) is 12.8. The zero-order chi connectivity index (χ0) is 35.1.